The van der Waals surface area contributed by atoms with Crippen molar-refractivity contribution in [1.29, 1.82) is 0 Å². The Morgan fingerprint density at radius 2 is 1.82 bits per heavy atom. The number of ketones is 1. The lowest BCUT2D eigenvalue weighted by atomic mass is 9.84. The maximum absolute atomic E-state index is 12.8. The van der Waals surface area contributed by atoms with Gasteiger partial charge in [0.15, 0.2) is 0 Å². The minimum absolute atomic E-state index is 0.0784. The van der Waals surface area contributed by atoms with Gasteiger partial charge in [0.05, 0.1) is 26.3 Å². The Morgan fingerprint density at radius 3 is 2.46 bits per heavy atom. The van der Waals surface area contributed by atoms with Gasteiger partial charge < -0.3 is 19.2 Å². The fourth-order valence-corrected chi connectivity index (χ4v) is 3.67. The first-order valence-corrected chi connectivity index (χ1v) is 9.27. The topological polar surface area (TPSA) is 55.8 Å². The molecule has 5 heteroatoms. The third kappa shape index (κ3) is 3.79. The standard InChI is InChI=1S/C23H25NO4/c1-17(25)11-13-23(19-7-5-4-6-8-19)14-12-22(26)24(23)16-18-9-10-20(27-2)15-21(18)28-3/h4-10,12,14-15H,11,13,16H2,1-3H3/t23-/m1/s1. The Labute approximate surface area is 165 Å². The van der Waals surface area contributed by atoms with Crippen LogP contribution in [0.25, 0.3) is 0 Å². The van der Waals surface area contributed by atoms with Crippen molar-refractivity contribution in [2.24, 2.45) is 0 Å². The third-order valence-electron chi connectivity index (χ3n) is 5.20. The van der Waals surface area contributed by atoms with Crippen molar-refractivity contribution in [3.63, 3.8) is 0 Å². The van der Waals surface area contributed by atoms with Crippen LogP contribution in [0.15, 0.2) is 60.7 Å². The number of amides is 1. The first-order chi connectivity index (χ1) is 13.5. The van der Waals surface area contributed by atoms with Crippen LogP contribution in [0.4, 0.5) is 0 Å². The Balaban J connectivity index is 2.01. The number of carbonyl (C=O) groups excluding carboxylic acids is 2. The van der Waals surface area contributed by atoms with Crippen molar-refractivity contribution in [3.05, 3.63) is 71.8 Å². The lowest BCUT2D eigenvalue weighted by Crippen LogP contribution is -2.43. The minimum atomic E-state index is -0.658. The molecule has 2 aromatic rings. The van der Waals surface area contributed by atoms with Gasteiger partial charge in [0.2, 0.25) is 5.91 Å². The molecular weight excluding hydrogens is 354 g/mol. The number of nitrogens with zero attached hydrogens (tertiary/aromatic N) is 1. The van der Waals surface area contributed by atoms with E-state index in [0.717, 1.165) is 11.1 Å². The molecule has 0 saturated carbocycles. The van der Waals surface area contributed by atoms with Gasteiger partial charge in [-0.25, -0.2) is 0 Å². The number of hydrogen-bond donors (Lipinski definition) is 0. The molecule has 28 heavy (non-hydrogen) atoms. The minimum Gasteiger partial charge on any atom is -0.497 e. The number of methoxy groups -OCH3 is 2. The van der Waals surface area contributed by atoms with Crippen LogP contribution in [0, 0.1) is 0 Å². The summed E-state index contributed by atoms with van der Waals surface area (Å²) in [6.07, 6.45) is 4.45. The quantitative estimate of drug-likeness (QED) is 0.699. The largest absolute Gasteiger partial charge is 0.497 e. The Hall–Kier alpha value is -3.08. The summed E-state index contributed by atoms with van der Waals surface area (Å²) in [5.74, 6) is 1.38. The summed E-state index contributed by atoms with van der Waals surface area (Å²) < 4.78 is 10.8. The average Bonchev–Trinajstić information content (AvgIpc) is 3.04. The molecule has 2 aromatic carbocycles. The van der Waals surface area contributed by atoms with E-state index in [9.17, 15) is 9.59 Å². The molecule has 0 saturated heterocycles. The molecule has 0 spiro atoms. The fraction of sp³-hybridized carbons (Fsp3) is 0.304. The van der Waals surface area contributed by atoms with Crippen LogP contribution >= 0.6 is 0 Å². The highest BCUT2D eigenvalue weighted by Gasteiger charge is 2.42. The van der Waals surface area contributed by atoms with Crippen molar-refractivity contribution >= 4 is 11.7 Å². The van der Waals surface area contributed by atoms with Crippen LogP contribution in [0.2, 0.25) is 0 Å². The number of Topliss-reactive ketones (excluding diaryl/α,β-unsaturated/α-hetero) is 1. The lowest BCUT2D eigenvalue weighted by Gasteiger charge is -2.39. The predicted molar refractivity (Wildman–Crippen MR) is 107 cm³/mol. The highest BCUT2D eigenvalue weighted by atomic mass is 16.5. The molecule has 5 nitrogen and oxygen atoms in total. The monoisotopic (exact) mass is 379 g/mol. The molecule has 146 valence electrons. The van der Waals surface area contributed by atoms with Crippen LogP contribution in [-0.4, -0.2) is 30.8 Å². The van der Waals surface area contributed by atoms with Gasteiger partial charge in [0, 0.05) is 24.1 Å². The molecule has 0 bridgehead atoms. The van der Waals surface area contributed by atoms with Gasteiger partial charge in [-0.1, -0.05) is 30.3 Å². The van der Waals surface area contributed by atoms with E-state index in [2.05, 4.69) is 0 Å². The SMILES string of the molecule is COc1ccc(CN2C(=O)C=C[C@]2(CCC(C)=O)c2ccccc2)c(OC)c1. The van der Waals surface area contributed by atoms with Crippen LogP contribution < -0.4 is 9.47 Å². The van der Waals surface area contributed by atoms with Crippen molar-refractivity contribution in [2.75, 3.05) is 14.2 Å². The average molecular weight is 379 g/mol. The first kappa shape index (κ1) is 19.7. The molecule has 0 N–H and O–H groups in total. The third-order valence-corrected chi connectivity index (χ3v) is 5.20. The van der Waals surface area contributed by atoms with Crippen LogP contribution in [0.3, 0.4) is 0 Å². The van der Waals surface area contributed by atoms with E-state index in [1.807, 2.05) is 59.5 Å². The molecule has 1 aliphatic heterocycles. The second kappa shape index (κ2) is 8.30. The van der Waals surface area contributed by atoms with Gasteiger partial charge in [-0.15, -0.1) is 0 Å². The second-order valence-electron chi connectivity index (χ2n) is 6.93. The normalized spacial score (nSPS) is 18.4. The fourth-order valence-electron chi connectivity index (χ4n) is 3.67. The summed E-state index contributed by atoms with van der Waals surface area (Å²) in [5, 5.41) is 0. The van der Waals surface area contributed by atoms with E-state index < -0.39 is 5.54 Å². The van der Waals surface area contributed by atoms with Gasteiger partial charge in [0.1, 0.15) is 17.3 Å². The van der Waals surface area contributed by atoms with Crippen molar-refractivity contribution in [2.45, 2.75) is 31.8 Å². The van der Waals surface area contributed by atoms with Gasteiger partial charge in [-0.3, -0.25) is 4.79 Å². The molecule has 0 unspecified atom stereocenters. The number of hydrogen-bond acceptors (Lipinski definition) is 4. The van der Waals surface area contributed by atoms with Crippen molar-refractivity contribution in [1.82, 2.24) is 4.90 Å². The van der Waals surface area contributed by atoms with Gasteiger partial charge in [0.25, 0.3) is 0 Å². The Bertz CT molecular complexity index is 891. The molecule has 0 fully saturated rings. The maximum atomic E-state index is 12.8. The zero-order chi connectivity index (χ0) is 20.1. The summed E-state index contributed by atoms with van der Waals surface area (Å²) >= 11 is 0. The highest BCUT2D eigenvalue weighted by Crippen LogP contribution is 2.41. The summed E-state index contributed by atoms with van der Waals surface area (Å²) in [6, 6.07) is 15.4. The maximum Gasteiger partial charge on any atom is 0.247 e. The lowest BCUT2D eigenvalue weighted by molar-refractivity contribution is -0.131. The molecule has 1 amide bonds. The van der Waals surface area contributed by atoms with E-state index in [-0.39, 0.29) is 11.7 Å². The van der Waals surface area contributed by atoms with E-state index in [1.54, 1.807) is 27.2 Å². The molecule has 0 aliphatic carbocycles. The van der Waals surface area contributed by atoms with E-state index in [0.29, 0.717) is 30.9 Å². The predicted octanol–water partition coefficient (Wildman–Crippen LogP) is 3.87. The van der Waals surface area contributed by atoms with Crippen LogP contribution in [-0.2, 0) is 21.7 Å². The molecular formula is C23H25NO4. The Kier molecular flexibility index (Phi) is 5.83. The molecule has 1 atom stereocenters. The molecule has 0 aromatic heterocycles. The molecule has 1 aliphatic rings. The summed E-state index contributed by atoms with van der Waals surface area (Å²) in [7, 11) is 3.20. The zero-order valence-electron chi connectivity index (χ0n) is 16.5. The number of ether oxygens (including phenoxy) is 2. The second-order valence-corrected chi connectivity index (χ2v) is 6.93. The van der Waals surface area contributed by atoms with Crippen molar-refractivity contribution < 1.29 is 19.1 Å². The zero-order valence-corrected chi connectivity index (χ0v) is 16.5. The van der Waals surface area contributed by atoms with Gasteiger partial charge in [-0.2, -0.15) is 0 Å². The number of rotatable bonds is 8. The molecule has 0 radical (unpaired) electrons. The first-order valence-electron chi connectivity index (χ1n) is 9.27. The summed E-state index contributed by atoms with van der Waals surface area (Å²) in [6.45, 7) is 1.95. The number of benzene rings is 2. The number of carbonyl (C=O) groups is 2. The van der Waals surface area contributed by atoms with E-state index >= 15 is 0 Å². The van der Waals surface area contributed by atoms with Gasteiger partial charge in [-0.05, 0) is 37.1 Å². The summed E-state index contributed by atoms with van der Waals surface area (Å²) in [5.41, 5.74) is 1.21. The van der Waals surface area contributed by atoms with Crippen molar-refractivity contribution in [3.8, 4) is 11.5 Å². The smallest absolute Gasteiger partial charge is 0.247 e. The van der Waals surface area contributed by atoms with Crippen LogP contribution in [0.5, 0.6) is 11.5 Å². The van der Waals surface area contributed by atoms with Crippen LogP contribution in [0.1, 0.15) is 30.9 Å². The van der Waals surface area contributed by atoms with Gasteiger partial charge >= 0.3 is 0 Å². The molecule has 1 heterocycles. The molecule has 3 rings (SSSR count). The van der Waals surface area contributed by atoms with E-state index in [4.69, 9.17) is 9.47 Å². The summed E-state index contributed by atoms with van der Waals surface area (Å²) in [4.78, 5) is 26.4. The highest BCUT2D eigenvalue weighted by molar-refractivity contribution is 5.92. The van der Waals surface area contributed by atoms with E-state index in [1.165, 1.54) is 0 Å². The Morgan fingerprint density at radius 1 is 1.07 bits per heavy atom.